The Kier molecular flexibility index (Phi) is 6.91. The molecular weight excluding hydrogens is 365 g/mol. The van der Waals surface area contributed by atoms with Crippen LogP contribution in [0.4, 0.5) is 22.0 Å². The fraction of sp³-hybridized carbons (Fsp3) is 0.571. The highest BCUT2D eigenvalue weighted by molar-refractivity contribution is 5.18. The maximum Gasteiger partial charge on any atom is 0.411 e. The van der Waals surface area contributed by atoms with E-state index in [0.717, 1.165) is 11.0 Å². The summed E-state index contributed by atoms with van der Waals surface area (Å²) in [6, 6.07) is 1.75. The zero-order valence-corrected chi connectivity index (χ0v) is 13.4. The Labute approximate surface area is 144 Å². The Morgan fingerprint density at radius 1 is 1.23 bits per heavy atom. The van der Waals surface area contributed by atoms with E-state index in [1.165, 1.54) is 12.3 Å². The number of rotatable bonds is 9. The lowest BCUT2D eigenvalue weighted by molar-refractivity contribution is -0.174. The number of tetrazole rings is 1. The Morgan fingerprint density at radius 3 is 2.54 bits per heavy atom. The van der Waals surface area contributed by atoms with Gasteiger partial charge in [0.25, 0.3) is 6.43 Å². The van der Waals surface area contributed by atoms with Crippen molar-refractivity contribution in [2.45, 2.75) is 37.6 Å². The summed E-state index contributed by atoms with van der Waals surface area (Å²) in [7, 11) is 0. The Hall–Kier alpha value is -2.21. The zero-order chi connectivity index (χ0) is 19.2. The quantitative estimate of drug-likeness (QED) is 0.527. The molecule has 26 heavy (non-hydrogen) atoms. The molecule has 0 radical (unpaired) electrons. The number of aliphatic hydroxyl groups is 1. The average molecular weight is 381 g/mol. The fourth-order valence-electron chi connectivity index (χ4n) is 2.23. The highest BCUT2D eigenvalue weighted by atomic mass is 19.4. The van der Waals surface area contributed by atoms with E-state index in [1.807, 2.05) is 0 Å². The normalized spacial score (nSPS) is 14.6. The van der Waals surface area contributed by atoms with E-state index in [4.69, 9.17) is 0 Å². The summed E-state index contributed by atoms with van der Waals surface area (Å²) in [5.74, 6) is 0. The number of hydrogen-bond donors (Lipinski definition) is 1. The van der Waals surface area contributed by atoms with E-state index < -0.39 is 31.4 Å². The van der Waals surface area contributed by atoms with E-state index in [-0.39, 0.29) is 12.3 Å². The van der Waals surface area contributed by atoms with Crippen LogP contribution in [0.15, 0.2) is 24.7 Å². The maximum absolute atomic E-state index is 12.9. The molecule has 0 bridgehead atoms. The molecule has 2 heterocycles. The number of hydrogen-bond acceptors (Lipinski definition) is 6. The second kappa shape index (κ2) is 8.94. The first-order valence-corrected chi connectivity index (χ1v) is 7.56. The molecule has 12 heteroatoms. The van der Waals surface area contributed by atoms with Crippen LogP contribution < -0.4 is 0 Å². The Balaban J connectivity index is 1.96. The van der Waals surface area contributed by atoms with Gasteiger partial charge in [-0.05, 0) is 34.9 Å². The summed E-state index contributed by atoms with van der Waals surface area (Å²) < 4.78 is 67.1. The molecule has 0 saturated carbocycles. The van der Waals surface area contributed by atoms with Gasteiger partial charge < -0.3 is 9.84 Å². The lowest BCUT2D eigenvalue weighted by Crippen LogP contribution is -2.32. The largest absolute Gasteiger partial charge is 0.411 e. The molecule has 0 fully saturated rings. The highest BCUT2D eigenvalue weighted by Crippen LogP contribution is 2.23. The van der Waals surface area contributed by atoms with Crippen molar-refractivity contribution in [3.63, 3.8) is 0 Å². The van der Waals surface area contributed by atoms with Gasteiger partial charge in [-0.1, -0.05) is 6.07 Å². The van der Waals surface area contributed by atoms with Crippen molar-refractivity contribution in [3.05, 3.63) is 35.9 Å². The molecule has 2 atom stereocenters. The van der Waals surface area contributed by atoms with Crippen molar-refractivity contribution >= 4 is 0 Å². The van der Waals surface area contributed by atoms with Crippen LogP contribution in [0.25, 0.3) is 0 Å². The van der Waals surface area contributed by atoms with Crippen LogP contribution in [0.1, 0.15) is 23.7 Å². The molecule has 0 aliphatic carbocycles. The third-order valence-corrected chi connectivity index (χ3v) is 3.40. The average Bonchev–Trinajstić information content (AvgIpc) is 3.09. The van der Waals surface area contributed by atoms with E-state index in [2.05, 4.69) is 25.2 Å². The number of ether oxygens (including phenoxy) is 1. The highest BCUT2D eigenvalue weighted by Gasteiger charge is 2.32. The van der Waals surface area contributed by atoms with E-state index in [9.17, 15) is 27.1 Å². The van der Waals surface area contributed by atoms with Crippen molar-refractivity contribution in [2.75, 3.05) is 13.2 Å². The molecular formula is C14H16F5N5O2. The van der Waals surface area contributed by atoms with Gasteiger partial charge in [-0.25, -0.2) is 13.5 Å². The molecule has 2 unspecified atom stereocenters. The van der Waals surface area contributed by atoms with Crippen LogP contribution in [0, 0.1) is 0 Å². The maximum atomic E-state index is 12.9. The third kappa shape index (κ3) is 5.95. The molecule has 2 aromatic rings. The predicted molar refractivity (Wildman–Crippen MR) is 77.4 cm³/mol. The number of aliphatic hydroxyl groups excluding tert-OH is 1. The number of alkyl halides is 5. The van der Waals surface area contributed by atoms with Gasteiger partial charge >= 0.3 is 6.18 Å². The monoisotopic (exact) mass is 381 g/mol. The van der Waals surface area contributed by atoms with Crippen LogP contribution in [0.2, 0.25) is 0 Å². The molecule has 2 aromatic heterocycles. The first kappa shape index (κ1) is 20.1. The van der Waals surface area contributed by atoms with Crippen molar-refractivity contribution in [1.82, 2.24) is 25.2 Å². The van der Waals surface area contributed by atoms with Crippen molar-refractivity contribution in [3.8, 4) is 0 Å². The van der Waals surface area contributed by atoms with Crippen LogP contribution >= 0.6 is 0 Å². The molecule has 0 amide bonds. The Bertz CT molecular complexity index is 651. The summed E-state index contributed by atoms with van der Waals surface area (Å²) in [4.78, 5) is 4.05. The van der Waals surface area contributed by atoms with E-state index in [1.54, 1.807) is 6.07 Å². The molecule has 0 aromatic carbocycles. The fourth-order valence-corrected chi connectivity index (χ4v) is 2.23. The zero-order valence-electron chi connectivity index (χ0n) is 13.4. The molecule has 0 aliphatic rings. The number of aromatic nitrogens is 5. The third-order valence-electron chi connectivity index (χ3n) is 3.40. The van der Waals surface area contributed by atoms with Crippen molar-refractivity contribution in [2.24, 2.45) is 0 Å². The first-order chi connectivity index (χ1) is 12.3. The first-order valence-electron chi connectivity index (χ1n) is 7.56. The molecule has 1 N–H and O–H groups in total. The van der Waals surface area contributed by atoms with Crippen molar-refractivity contribution in [1.29, 1.82) is 0 Å². The van der Waals surface area contributed by atoms with Gasteiger partial charge in [-0.3, -0.25) is 4.98 Å². The van der Waals surface area contributed by atoms with Gasteiger partial charge in [0.2, 0.25) is 0 Å². The van der Waals surface area contributed by atoms with Gasteiger partial charge in [0.15, 0.2) is 0 Å². The van der Waals surface area contributed by atoms with Gasteiger partial charge in [-0.2, -0.15) is 13.2 Å². The molecule has 2 rings (SSSR count). The standard InChI is InChI=1S/C14H16F5N5O2/c15-13(16)12(25)11(24-8-21-22-23-24)10-4-3-9(6-20-10)2-1-5-26-7-14(17,18)19/h3-4,6,8,11-13,25H,1-2,5,7H2. The smallest absolute Gasteiger partial charge is 0.384 e. The minimum absolute atomic E-state index is 0.0708. The molecule has 7 nitrogen and oxygen atoms in total. The van der Waals surface area contributed by atoms with Gasteiger partial charge in [0, 0.05) is 12.8 Å². The SMILES string of the molecule is OC(C(F)F)C(c1ccc(CCCOCC(F)(F)F)cn1)n1cnnn1. The number of aryl methyl sites for hydroxylation is 1. The summed E-state index contributed by atoms with van der Waals surface area (Å²) in [5, 5.41) is 20.0. The molecule has 0 aliphatic heterocycles. The van der Waals surface area contributed by atoms with Crippen LogP contribution in [0.5, 0.6) is 0 Å². The van der Waals surface area contributed by atoms with Crippen LogP contribution in [-0.2, 0) is 11.2 Å². The minimum atomic E-state index is -4.36. The molecule has 144 valence electrons. The van der Waals surface area contributed by atoms with Gasteiger partial charge in [0.1, 0.15) is 25.1 Å². The second-order valence-electron chi connectivity index (χ2n) is 5.42. The summed E-state index contributed by atoms with van der Waals surface area (Å²) in [6.07, 6.45) is -6.23. The topological polar surface area (TPSA) is 86.0 Å². The van der Waals surface area contributed by atoms with Gasteiger partial charge in [0.05, 0.1) is 5.69 Å². The number of nitrogens with zero attached hydrogens (tertiary/aromatic N) is 5. The Morgan fingerprint density at radius 2 is 2.00 bits per heavy atom. The number of halogens is 5. The number of pyridine rings is 1. The van der Waals surface area contributed by atoms with Crippen LogP contribution in [0.3, 0.4) is 0 Å². The lowest BCUT2D eigenvalue weighted by Gasteiger charge is -2.21. The summed E-state index contributed by atoms with van der Waals surface area (Å²) in [6.45, 7) is -1.37. The van der Waals surface area contributed by atoms with E-state index >= 15 is 0 Å². The molecule has 0 saturated heterocycles. The van der Waals surface area contributed by atoms with Crippen molar-refractivity contribution < 1.29 is 31.8 Å². The molecule has 0 spiro atoms. The van der Waals surface area contributed by atoms with Gasteiger partial charge in [-0.15, -0.1) is 5.10 Å². The summed E-state index contributed by atoms with van der Waals surface area (Å²) in [5.41, 5.74) is 0.813. The van der Waals surface area contributed by atoms with E-state index in [0.29, 0.717) is 18.4 Å². The lowest BCUT2D eigenvalue weighted by atomic mass is 10.1. The minimum Gasteiger partial charge on any atom is -0.384 e. The summed E-state index contributed by atoms with van der Waals surface area (Å²) >= 11 is 0. The van der Waals surface area contributed by atoms with Crippen LogP contribution in [-0.4, -0.2) is 62.2 Å². The predicted octanol–water partition coefficient (Wildman–Crippen LogP) is 1.79. The second-order valence-corrected chi connectivity index (χ2v) is 5.42.